The summed E-state index contributed by atoms with van der Waals surface area (Å²) in [5.74, 6) is 0. The van der Waals surface area contributed by atoms with Crippen LogP contribution in [-0.4, -0.2) is 10.2 Å². The molecular formula is C9H6Cl2N2. The topological polar surface area (TPSA) is 28.7 Å². The van der Waals surface area contributed by atoms with Gasteiger partial charge in [-0.1, -0.05) is 23.2 Å². The number of aromatic amines is 1. The Morgan fingerprint density at radius 2 is 1.69 bits per heavy atom. The molecule has 2 nitrogen and oxygen atoms in total. The third-order valence-corrected chi connectivity index (χ3v) is 2.13. The number of hydrogen-bond donors (Lipinski definition) is 1. The molecule has 0 unspecified atom stereocenters. The zero-order chi connectivity index (χ0) is 9.26. The maximum absolute atomic E-state index is 5.85. The summed E-state index contributed by atoms with van der Waals surface area (Å²) < 4.78 is 0. The molecule has 0 aliphatic rings. The van der Waals surface area contributed by atoms with Crippen molar-refractivity contribution in [3.05, 3.63) is 40.6 Å². The minimum atomic E-state index is 0.628. The highest BCUT2D eigenvalue weighted by Crippen LogP contribution is 2.26. The highest BCUT2D eigenvalue weighted by atomic mass is 35.5. The predicted octanol–water partition coefficient (Wildman–Crippen LogP) is 3.38. The lowest BCUT2D eigenvalue weighted by molar-refractivity contribution is 1.09. The Morgan fingerprint density at radius 3 is 2.23 bits per heavy atom. The molecule has 0 spiro atoms. The van der Waals surface area contributed by atoms with Crippen molar-refractivity contribution in [2.75, 3.05) is 0 Å². The van der Waals surface area contributed by atoms with Crippen molar-refractivity contribution in [1.29, 1.82) is 0 Å². The van der Waals surface area contributed by atoms with E-state index in [2.05, 4.69) is 10.2 Å². The molecule has 0 atom stereocenters. The summed E-state index contributed by atoms with van der Waals surface area (Å²) in [5, 5.41) is 7.83. The average Bonchev–Trinajstić information content (AvgIpc) is 2.53. The van der Waals surface area contributed by atoms with E-state index in [1.54, 1.807) is 18.5 Å². The molecule has 1 heterocycles. The van der Waals surface area contributed by atoms with Crippen LogP contribution in [0.5, 0.6) is 0 Å². The maximum atomic E-state index is 5.85. The number of hydrogen-bond acceptors (Lipinski definition) is 1. The fourth-order valence-electron chi connectivity index (χ4n) is 1.13. The lowest BCUT2D eigenvalue weighted by atomic mass is 10.1. The van der Waals surface area contributed by atoms with E-state index >= 15 is 0 Å². The van der Waals surface area contributed by atoms with Crippen LogP contribution in [0.4, 0.5) is 0 Å². The molecule has 13 heavy (non-hydrogen) atoms. The Balaban J connectivity index is 2.53. The number of benzene rings is 1. The molecule has 0 saturated carbocycles. The van der Waals surface area contributed by atoms with Crippen molar-refractivity contribution in [2.24, 2.45) is 0 Å². The second-order valence-electron chi connectivity index (χ2n) is 2.65. The van der Waals surface area contributed by atoms with Gasteiger partial charge in [0.2, 0.25) is 0 Å². The zero-order valence-electron chi connectivity index (χ0n) is 6.59. The second kappa shape index (κ2) is 3.40. The predicted molar refractivity (Wildman–Crippen MR) is 54.0 cm³/mol. The van der Waals surface area contributed by atoms with E-state index in [0.717, 1.165) is 11.1 Å². The Kier molecular flexibility index (Phi) is 2.25. The van der Waals surface area contributed by atoms with E-state index in [1.165, 1.54) is 0 Å². The number of H-pyrrole nitrogens is 1. The lowest BCUT2D eigenvalue weighted by Gasteiger charge is -1.98. The van der Waals surface area contributed by atoms with Crippen molar-refractivity contribution in [2.45, 2.75) is 0 Å². The Bertz CT molecular complexity index is 389. The summed E-state index contributed by atoms with van der Waals surface area (Å²) in [4.78, 5) is 0. The first-order chi connectivity index (χ1) is 6.25. The normalized spacial score (nSPS) is 10.3. The minimum Gasteiger partial charge on any atom is -0.285 e. The zero-order valence-corrected chi connectivity index (χ0v) is 8.10. The van der Waals surface area contributed by atoms with Crippen LogP contribution in [0.2, 0.25) is 10.0 Å². The Labute approximate surface area is 85.5 Å². The van der Waals surface area contributed by atoms with Crippen molar-refractivity contribution in [3.63, 3.8) is 0 Å². The molecule has 2 aromatic rings. The van der Waals surface area contributed by atoms with E-state index in [-0.39, 0.29) is 0 Å². The number of aromatic nitrogens is 2. The van der Waals surface area contributed by atoms with Crippen LogP contribution in [0.3, 0.4) is 0 Å². The van der Waals surface area contributed by atoms with Crippen molar-refractivity contribution >= 4 is 23.2 Å². The second-order valence-corrected chi connectivity index (χ2v) is 3.52. The average molecular weight is 213 g/mol. The van der Waals surface area contributed by atoms with Crippen molar-refractivity contribution in [1.82, 2.24) is 10.2 Å². The molecule has 4 heteroatoms. The van der Waals surface area contributed by atoms with Gasteiger partial charge in [-0.15, -0.1) is 0 Å². The van der Waals surface area contributed by atoms with Crippen LogP contribution in [0, 0.1) is 0 Å². The fourth-order valence-corrected chi connectivity index (χ4v) is 1.66. The first-order valence-corrected chi connectivity index (χ1v) is 4.46. The van der Waals surface area contributed by atoms with E-state index in [0.29, 0.717) is 10.0 Å². The molecular weight excluding hydrogens is 207 g/mol. The van der Waals surface area contributed by atoms with Crippen LogP contribution < -0.4 is 0 Å². The van der Waals surface area contributed by atoms with Crippen LogP contribution in [0.15, 0.2) is 30.6 Å². The van der Waals surface area contributed by atoms with Gasteiger partial charge in [0.15, 0.2) is 0 Å². The summed E-state index contributed by atoms with van der Waals surface area (Å²) in [6, 6.07) is 5.39. The standard InChI is InChI=1S/C9H6Cl2N2/c10-8-1-6(2-9(11)3-8)7-4-12-13-5-7/h1-5H,(H,12,13). The third kappa shape index (κ3) is 1.85. The molecule has 1 aromatic heterocycles. The molecule has 1 aromatic carbocycles. The van der Waals surface area contributed by atoms with Gasteiger partial charge in [-0.3, -0.25) is 5.10 Å². The van der Waals surface area contributed by atoms with Gasteiger partial charge in [-0.25, -0.2) is 0 Å². The smallest absolute Gasteiger partial charge is 0.0565 e. The highest BCUT2D eigenvalue weighted by Gasteiger charge is 2.01. The molecule has 1 N–H and O–H groups in total. The summed E-state index contributed by atoms with van der Waals surface area (Å²) in [6.45, 7) is 0. The molecule has 0 amide bonds. The van der Waals surface area contributed by atoms with Crippen molar-refractivity contribution < 1.29 is 0 Å². The number of halogens is 2. The number of nitrogens with one attached hydrogen (secondary N) is 1. The monoisotopic (exact) mass is 212 g/mol. The molecule has 0 aliphatic carbocycles. The molecule has 0 fully saturated rings. The quantitative estimate of drug-likeness (QED) is 0.772. The molecule has 0 saturated heterocycles. The molecule has 2 rings (SSSR count). The number of nitrogens with zero attached hydrogens (tertiary/aromatic N) is 1. The maximum Gasteiger partial charge on any atom is 0.0565 e. The third-order valence-electron chi connectivity index (χ3n) is 1.69. The van der Waals surface area contributed by atoms with Crippen LogP contribution in [0.25, 0.3) is 11.1 Å². The first-order valence-electron chi connectivity index (χ1n) is 3.71. The van der Waals surface area contributed by atoms with Gasteiger partial charge in [0.05, 0.1) is 6.20 Å². The van der Waals surface area contributed by atoms with Gasteiger partial charge >= 0.3 is 0 Å². The van der Waals surface area contributed by atoms with Gasteiger partial charge in [0.25, 0.3) is 0 Å². The van der Waals surface area contributed by atoms with Crippen LogP contribution >= 0.6 is 23.2 Å². The van der Waals surface area contributed by atoms with E-state index in [1.807, 2.05) is 12.1 Å². The molecule has 0 bridgehead atoms. The van der Waals surface area contributed by atoms with Gasteiger partial charge in [-0.2, -0.15) is 5.10 Å². The first kappa shape index (κ1) is 8.60. The van der Waals surface area contributed by atoms with Crippen molar-refractivity contribution in [3.8, 4) is 11.1 Å². The van der Waals surface area contributed by atoms with Crippen LogP contribution in [-0.2, 0) is 0 Å². The van der Waals surface area contributed by atoms with E-state index in [9.17, 15) is 0 Å². The van der Waals surface area contributed by atoms with Crippen LogP contribution in [0.1, 0.15) is 0 Å². The van der Waals surface area contributed by atoms with E-state index < -0.39 is 0 Å². The highest BCUT2D eigenvalue weighted by molar-refractivity contribution is 6.35. The van der Waals surface area contributed by atoms with Gasteiger partial charge < -0.3 is 0 Å². The number of rotatable bonds is 1. The molecule has 0 radical (unpaired) electrons. The lowest BCUT2D eigenvalue weighted by Crippen LogP contribution is -1.74. The summed E-state index contributed by atoms with van der Waals surface area (Å²) in [5.41, 5.74) is 1.94. The fraction of sp³-hybridized carbons (Fsp3) is 0. The summed E-state index contributed by atoms with van der Waals surface area (Å²) >= 11 is 11.7. The summed E-state index contributed by atoms with van der Waals surface area (Å²) in [6.07, 6.45) is 3.52. The SMILES string of the molecule is Clc1cc(Cl)cc(-c2cn[nH]c2)c1. The van der Waals surface area contributed by atoms with Gasteiger partial charge in [0.1, 0.15) is 0 Å². The largest absolute Gasteiger partial charge is 0.285 e. The van der Waals surface area contributed by atoms with E-state index in [4.69, 9.17) is 23.2 Å². The molecule has 0 aliphatic heterocycles. The van der Waals surface area contributed by atoms with Gasteiger partial charge in [-0.05, 0) is 23.8 Å². The Morgan fingerprint density at radius 1 is 1.00 bits per heavy atom. The molecule has 66 valence electrons. The Hall–Kier alpha value is -0.990. The van der Waals surface area contributed by atoms with Gasteiger partial charge in [0, 0.05) is 21.8 Å². The minimum absolute atomic E-state index is 0.628. The summed E-state index contributed by atoms with van der Waals surface area (Å²) in [7, 11) is 0.